The molecular weight excluding hydrogens is 198 g/mol. The zero-order valence-corrected chi connectivity index (χ0v) is 8.97. The van der Waals surface area contributed by atoms with Gasteiger partial charge < -0.3 is 9.47 Å². The summed E-state index contributed by atoms with van der Waals surface area (Å²) in [5, 5.41) is 3.95. The molecular formula is C9H15N3O3. The van der Waals surface area contributed by atoms with Gasteiger partial charge in [-0.05, 0) is 13.3 Å². The minimum Gasteiger partial charge on any atom is -0.463 e. The minimum absolute atomic E-state index is 0.0916. The average Bonchev–Trinajstić information content (AvgIpc) is 2.72. The van der Waals surface area contributed by atoms with E-state index in [-0.39, 0.29) is 5.82 Å². The number of esters is 1. The van der Waals surface area contributed by atoms with Crippen molar-refractivity contribution in [2.75, 3.05) is 20.3 Å². The molecule has 6 nitrogen and oxygen atoms in total. The molecule has 1 rings (SSSR count). The van der Waals surface area contributed by atoms with Crippen LogP contribution in [0.15, 0.2) is 6.33 Å². The summed E-state index contributed by atoms with van der Waals surface area (Å²) in [4.78, 5) is 14.8. The minimum atomic E-state index is -0.515. The first-order chi connectivity index (χ1) is 7.27. The van der Waals surface area contributed by atoms with Crippen molar-refractivity contribution in [1.82, 2.24) is 14.8 Å². The third kappa shape index (κ3) is 3.67. The van der Waals surface area contributed by atoms with Crippen molar-refractivity contribution in [2.45, 2.75) is 19.9 Å². The van der Waals surface area contributed by atoms with Crippen LogP contribution < -0.4 is 0 Å². The van der Waals surface area contributed by atoms with Crippen LogP contribution in [0.2, 0.25) is 0 Å². The number of aromatic nitrogens is 3. The van der Waals surface area contributed by atoms with Crippen molar-refractivity contribution in [3.05, 3.63) is 12.2 Å². The topological polar surface area (TPSA) is 66.2 Å². The number of methoxy groups -OCH3 is 1. The van der Waals surface area contributed by atoms with Crippen molar-refractivity contribution in [1.29, 1.82) is 0 Å². The number of rotatable bonds is 6. The number of ether oxygens (including phenoxy) is 2. The summed E-state index contributed by atoms with van der Waals surface area (Å²) in [6.07, 6.45) is 2.36. The molecule has 0 saturated heterocycles. The van der Waals surface area contributed by atoms with Crippen LogP contribution >= 0.6 is 0 Å². The number of nitrogens with zero attached hydrogens (tertiary/aromatic N) is 3. The zero-order chi connectivity index (χ0) is 11.1. The molecule has 84 valence electrons. The van der Waals surface area contributed by atoms with Crippen molar-refractivity contribution in [2.24, 2.45) is 0 Å². The summed E-state index contributed by atoms with van der Waals surface area (Å²) < 4.78 is 11.3. The molecule has 0 spiro atoms. The van der Waals surface area contributed by atoms with E-state index >= 15 is 0 Å². The summed E-state index contributed by atoms with van der Waals surface area (Å²) in [5.74, 6) is -0.424. The van der Waals surface area contributed by atoms with Crippen LogP contribution in [0.3, 0.4) is 0 Å². The Morgan fingerprint density at radius 2 is 2.40 bits per heavy atom. The Labute approximate surface area is 88.2 Å². The first-order valence-corrected chi connectivity index (χ1v) is 4.83. The molecule has 0 fully saturated rings. The molecule has 0 saturated carbocycles. The monoisotopic (exact) mass is 213 g/mol. The molecule has 0 amide bonds. The Hall–Kier alpha value is -1.43. The summed E-state index contributed by atoms with van der Waals surface area (Å²) in [7, 11) is 1.30. The third-order valence-electron chi connectivity index (χ3n) is 1.78. The van der Waals surface area contributed by atoms with Crippen LogP contribution in [0, 0.1) is 0 Å². The lowest BCUT2D eigenvalue weighted by Gasteiger charge is -2.00. The highest BCUT2D eigenvalue weighted by atomic mass is 16.5. The molecule has 15 heavy (non-hydrogen) atoms. The fourth-order valence-corrected chi connectivity index (χ4v) is 1.06. The van der Waals surface area contributed by atoms with E-state index in [9.17, 15) is 4.79 Å². The molecule has 0 aliphatic heterocycles. The van der Waals surface area contributed by atoms with Gasteiger partial charge in [0.15, 0.2) is 0 Å². The third-order valence-corrected chi connectivity index (χ3v) is 1.78. The molecule has 0 aromatic carbocycles. The van der Waals surface area contributed by atoms with Gasteiger partial charge >= 0.3 is 5.97 Å². The van der Waals surface area contributed by atoms with Gasteiger partial charge in [0, 0.05) is 19.8 Å². The van der Waals surface area contributed by atoms with E-state index in [2.05, 4.69) is 14.8 Å². The van der Waals surface area contributed by atoms with Gasteiger partial charge in [-0.2, -0.15) is 0 Å². The highest BCUT2D eigenvalue weighted by Gasteiger charge is 2.10. The maximum atomic E-state index is 11.0. The quantitative estimate of drug-likeness (QED) is 0.508. The molecule has 0 aliphatic rings. The average molecular weight is 213 g/mol. The van der Waals surface area contributed by atoms with E-state index in [4.69, 9.17) is 4.74 Å². The number of hydrogen-bond donors (Lipinski definition) is 0. The van der Waals surface area contributed by atoms with Crippen LogP contribution in [0.25, 0.3) is 0 Å². The molecule has 0 radical (unpaired) electrons. The van der Waals surface area contributed by atoms with Crippen molar-refractivity contribution < 1.29 is 14.3 Å². The van der Waals surface area contributed by atoms with Crippen LogP contribution in [-0.4, -0.2) is 41.1 Å². The second-order valence-corrected chi connectivity index (χ2v) is 2.87. The van der Waals surface area contributed by atoms with Crippen molar-refractivity contribution >= 4 is 5.97 Å². The molecule has 0 atom stereocenters. The Balaban J connectivity index is 2.36. The fraction of sp³-hybridized carbons (Fsp3) is 0.667. The second-order valence-electron chi connectivity index (χ2n) is 2.87. The molecule has 1 heterocycles. The van der Waals surface area contributed by atoms with E-state index in [0.29, 0.717) is 19.8 Å². The smallest absolute Gasteiger partial charge is 0.377 e. The number of aryl methyl sites for hydroxylation is 1. The van der Waals surface area contributed by atoms with Crippen LogP contribution in [0.1, 0.15) is 24.0 Å². The molecule has 1 aromatic rings. The maximum Gasteiger partial charge on any atom is 0.377 e. The van der Waals surface area contributed by atoms with E-state index in [0.717, 1.165) is 6.42 Å². The second kappa shape index (κ2) is 6.13. The van der Waals surface area contributed by atoms with E-state index in [1.165, 1.54) is 13.4 Å². The Morgan fingerprint density at radius 3 is 3.07 bits per heavy atom. The van der Waals surface area contributed by atoms with Gasteiger partial charge in [-0.3, -0.25) is 4.68 Å². The van der Waals surface area contributed by atoms with Gasteiger partial charge in [0.25, 0.3) is 5.82 Å². The van der Waals surface area contributed by atoms with Gasteiger partial charge in [-0.1, -0.05) is 0 Å². The van der Waals surface area contributed by atoms with Crippen molar-refractivity contribution in [3.8, 4) is 0 Å². The molecule has 0 bridgehead atoms. The molecule has 0 unspecified atom stereocenters. The zero-order valence-electron chi connectivity index (χ0n) is 8.97. The first kappa shape index (κ1) is 11.6. The van der Waals surface area contributed by atoms with E-state index < -0.39 is 5.97 Å². The molecule has 0 N–H and O–H groups in total. The van der Waals surface area contributed by atoms with E-state index in [1.54, 1.807) is 4.68 Å². The maximum absolute atomic E-state index is 11.0. The number of hydrogen-bond acceptors (Lipinski definition) is 5. The van der Waals surface area contributed by atoms with Gasteiger partial charge in [0.05, 0.1) is 7.11 Å². The predicted octanol–water partition coefficient (Wildman–Crippen LogP) is 0.491. The summed E-state index contributed by atoms with van der Waals surface area (Å²) in [6, 6.07) is 0. The normalized spacial score (nSPS) is 10.3. The Bertz CT molecular complexity index is 311. The molecule has 6 heteroatoms. The lowest BCUT2D eigenvalue weighted by molar-refractivity contribution is 0.0586. The number of carbonyl (C=O) groups excluding carboxylic acids is 1. The van der Waals surface area contributed by atoms with Crippen LogP contribution in [0.5, 0.6) is 0 Å². The van der Waals surface area contributed by atoms with Gasteiger partial charge in [0.2, 0.25) is 0 Å². The van der Waals surface area contributed by atoms with Crippen LogP contribution in [0.4, 0.5) is 0 Å². The SMILES string of the molecule is CCOCCCn1cnc(C(=O)OC)n1. The van der Waals surface area contributed by atoms with Crippen molar-refractivity contribution in [3.63, 3.8) is 0 Å². The highest BCUT2D eigenvalue weighted by Crippen LogP contribution is 1.94. The van der Waals surface area contributed by atoms with Gasteiger partial charge in [-0.15, -0.1) is 5.10 Å². The standard InChI is InChI=1S/C9H15N3O3/c1-3-15-6-4-5-12-7-10-8(11-12)9(13)14-2/h7H,3-6H2,1-2H3. The lowest BCUT2D eigenvalue weighted by Crippen LogP contribution is -2.07. The molecule has 1 aromatic heterocycles. The number of carbonyl (C=O) groups is 1. The van der Waals surface area contributed by atoms with Crippen LogP contribution in [-0.2, 0) is 16.0 Å². The predicted molar refractivity (Wildman–Crippen MR) is 52.5 cm³/mol. The Kier molecular flexibility index (Phi) is 4.76. The van der Waals surface area contributed by atoms with Gasteiger partial charge in [-0.25, -0.2) is 9.78 Å². The first-order valence-electron chi connectivity index (χ1n) is 4.83. The fourth-order valence-electron chi connectivity index (χ4n) is 1.06. The van der Waals surface area contributed by atoms with Gasteiger partial charge in [0.1, 0.15) is 6.33 Å². The summed E-state index contributed by atoms with van der Waals surface area (Å²) >= 11 is 0. The largest absolute Gasteiger partial charge is 0.463 e. The lowest BCUT2D eigenvalue weighted by atomic mass is 10.4. The molecule has 0 aliphatic carbocycles. The summed E-state index contributed by atoms with van der Waals surface area (Å²) in [5.41, 5.74) is 0. The Morgan fingerprint density at radius 1 is 1.60 bits per heavy atom. The summed E-state index contributed by atoms with van der Waals surface area (Å²) in [6.45, 7) is 4.03. The van der Waals surface area contributed by atoms with E-state index in [1.807, 2.05) is 6.92 Å². The highest BCUT2D eigenvalue weighted by molar-refractivity contribution is 5.84.